The number of rotatable bonds is 7. The second kappa shape index (κ2) is 6.80. The molecule has 0 aliphatic rings. The van der Waals surface area contributed by atoms with Gasteiger partial charge in [0.15, 0.2) is 8.32 Å². The maximum absolute atomic E-state index is 6.32. The molecule has 0 N–H and O–H groups in total. The summed E-state index contributed by atoms with van der Waals surface area (Å²) in [4.78, 5) is 0. The Morgan fingerprint density at radius 1 is 1.06 bits per heavy atom. The minimum atomic E-state index is -1.54. The molecule has 0 aliphatic heterocycles. The highest BCUT2D eigenvalue weighted by Crippen LogP contribution is 2.37. The van der Waals surface area contributed by atoms with Crippen molar-refractivity contribution in [1.82, 2.24) is 0 Å². The molecule has 0 rings (SSSR count). The Hall–Kier alpha value is 0.177. The third-order valence-electron chi connectivity index (χ3n) is 3.77. The summed E-state index contributed by atoms with van der Waals surface area (Å²) in [5.41, 5.74) is 0. The molecule has 1 atom stereocenters. The summed E-state index contributed by atoms with van der Waals surface area (Å²) in [5.74, 6) is 0. The molecule has 0 amide bonds. The van der Waals surface area contributed by atoms with Crippen molar-refractivity contribution >= 4 is 8.32 Å². The Labute approximate surface area is 104 Å². The fourth-order valence-electron chi connectivity index (χ4n) is 1.60. The van der Waals surface area contributed by atoms with Crippen LogP contribution in [0.15, 0.2) is 0 Å². The van der Waals surface area contributed by atoms with Gasteiger partial charge in [0.1, 0.15) is 0 Å². The zero-order valence-corrected chi connectivity index (χ0v) is 13.5. The van der Waals surface area contributed by atoms with E-state index in [4.69, 9.17) is 4.43 Å². The van der Waals surface area contributed by atoms with Gasteiger partial charge in [-0.2, -0.15) is 0 Å². The zero-order valence-electron chi connectivity index (χ0n) is 12.5. The fourth-order valence-corrected chi connectivity index (χ4v) is 3.07. The summed E-state index contributed by atoms with van der Waals surface area (Å²) in [7, 11) is -1.54. The largest absolute Gasteiger partial charge is 0.414 e. The van der Waals surface area contributed by atoms with E-state index in [0.717, 1.165) is 0 Å². The molecule has 1 nitrogen and oxygen atoms in total. The second-order valence-corrected chi connectivity index (χ2v) is 11.3. The van der Waals surface area contributed by atoms with Crippen molar-refractivity contribution in [2.75, 3.05) is 0 Å². The number of hydrogen-bond acceptors (Lipinski definition) is 1. The van der Waals surface area contributed by atoms with Crippen LogP contribution in [0.25, 0.3) is 0 Å². The van der Waals surface area contributed by atoms with E-state index in [0.29, 0.717) is 11.1 Å². The highest BCUT2D eigenvalue weighted by atomic mass is 28.4. The molecule has 0 heterocycles. The van der Waals surface area contributed by atoms with E-state index >= 15 is 0 Å². The van der Waals surface area contributed by atoms with Crippen molar-refractivity contribution in [1.29, 1.82) is 0 Å². The smallest absolute Gasteiger partial charge is 0.192 e. The first kappa shape index (κ1) is 16.2. The van der Waals surface area contributed by atoms with Crippen molar-refractivity contribution in [3.05, 3.63) is 0 Å². The van der Waals surface area contributed by atoms with Gasteiger partial charge in [-0.25, -0.2) is 0 Å². The lowest BCUT2D eigenvalue weighted by molar-refractivity contribution is 0.185. The Bertz CT molecular complexity index is 182. The predicted octanol–water partition coefficient (Wildman–Crippen LogP) is 5.37. The Morgan fingerprint density at radius 3 is 2.06 bits per heavy atom. The van der Waals surface area contributed by atoms with Gasteiger partial charge in [0, 0.05) is 6.10 Å². The van der Waals surface area contributed by atoms with Crippen LogP contribution in [0.5, 0.6) is 0 Å². The SMILES string of the molecule is CCCCCCC(C)O[Si](C)(C)C(C)(C)C. The maximum Gasteiger partial charge on any atom is 0.192 e. The van der Waals surface area contributed by atoms with Crippen molar-refractivity contribution < 1.29 is 4.43 Å². The predicted molar refractivity (Wildman–Crippen MR) is 76.5 cm³/mol. The summed E-state index contributed by atoms with van der Waals surface area (Å²) in [6.45, 7) is 16.1. The van der Waals surface area contributed by atoms with Gasteiger partial charge in [-0.1, -0.05) is 53.4 Å². The van der Waals surface area contributed by atoms with Crippen molar-refractivity contribution in [2.24, 2.45) is 0 Å². The molecule has 0 saturated heterocycles. The van der Waals surface area contributed by atoms with Crippen LogP contribution in [-0.4, -0.2) is 14.4 Å². The van der Waals surface area contributed by atoms with E-state index in [1.807, 2.05) is 0 Å². The van der Waals surface area contributed by atoms with Crippen molar-refractivity contribution in [3.63, 3.8) is 0 Å². The average molecular weight is 244 g/mol. The molecule has 1 unspecified atom stereocenters. The van der Waals surface area contributed by atoms with Crippen LogP contribution in [0.4, 0.5) is 0 Å². The van der Waals surface area contributed by atoms with Crippen LogP contribution in [0, 0.1) is 0 Å². The monoisotopic (exact) mass is 244 g/mol. The Balaban J connectivity index is 3.90. The van der Waals surface area contributed by atoms with E-state index in [2.05, 4.69) is 47.7 Å². The number of hydrogen-bond donors (Lipinski definition) is 0. The summed E-state index contributed by atoms with van der Waals surface area (Å²) in [6.07, 6.45) is 7.04. The van der Waals surface area contributed by atoms with Gasteiger partial charge in [-0.15, -0.1) is 0 Å². The molecule has 98 valence electrons. The maximum atomic E-state index is 6.32. The lowest BCUT2D eigenvalue weighted by Crippen LogP contribution is -2.43. The van der Waals surface area contributed by atoms with E-state index in [9.17, 15) is 0 Å². The third kappa shape index (κ3) is 6.05. The van der Waals surface area contributed by atoms with Gasteiger partial charge in [0.25, 0.3) is 0 Å². The normalized spacial score (nSPS) is 15.2. The quantitative estimate of drug-likeness (QED) is 0.432. The van der Waals surface area contributed by atoms with Gasteiger partial charge in [-0.3, -0.25) is 0 Å². The Kier molecular flexibility index (Phi) is 6.88. The number of unbranched alkanes of at least 4 members (excludes halogenated alkanes) is 3. The van der Waals surface area contributed by atoms with Crippen LogP contribution >= 0.6 is 0 Å². The summed E-state index contributed by atoms with van der Waals surface area (Å²) in [6, 6.07) is 0. The van der Waals surface area contributed by atoms with E-state index in [1.54, 1.807) is 0 Å². The molecule has 0 aromatic heterocycles. The molecule has 0 bridgehead atoms. The molecule has 0 aromatic rings. The molecule has 0 aliphatic carbocycles. The molecule has 2 heteroatoms. The first-order valence-electron chi connectivity index (χ1n) is 6.88. The topological polar surface area (TPSA) is 9.23 Å². The van der Waals surface area contributed by atoms with Crippen LogP contribution in [0.3, 0.4) is 0 Å². The molecule has 0 spiro atoms. The van der Waals surface area contributed by atoms with Gasteiger partial charge in [0.2, 0.25) is 0 Å². The lowest BCUT2D eigenvalue weighted by Gasteiger charge is -2.38. The van der Waals surface area contributed by atoms with Crippen LogP contribution < -0.4 is 0 Å². The minimum absolute atomic E-state index is 0.338. The molecular weight excluding hydrogens is 212 g/mol. The van der Waals surface area contributed by atoms with Gasteiger partial charge in [0.05, 0.1) is 0 Å². The Morgan fingerprint density at radius 2 is 1.62 bits per heavy atom. The molecule has 0 fully saturated rings. The third-order valence-corrected chi connectivity index (χ3v) is 8.37. The van der Waals surface area contributed by atoms with Gasteiger partial charge in [-0.05, 0) is 31.5 Å². The van der Waals surface area contributed by atoms with E-state index in [-0.39, 0.29) is 0 Å². The van der Waals surface area contributed by atoms with E-state index in [1.165, 1.54) is 32.1 Å². The van der Waals surface area contributed by atoms with E-state index < -0.39 is 8.32 Å². The average Bonchev–Trinajstić information content (AvgIpc) is 2.10. The highest BCUT2D eigenvalue weighted by molar-refractivity contribution is 6.74. The molecule has 0 radical (unpaired) electrons. The zero-order chi connectivity index (χ0) is 12.8. The summed E-state index contributed by atoms with van der Waals surface area (Å²) < 4.78 is 6.32. The summed E-state index contributed by atoms with van der Waals surface area (Å²) >= 11 is 0. The molecule has 16 heavy (non-hydrogen) atoms. The standard InChI is InChI=1S/C14H32OSi/c1-8-9-10-11-12-13(2)15-16(6,7)14(3,4)5/h13H,8-12H2,1-7H3. The van der Waals surface area contributed by atoms with Gasteiger partial charge < -0.3 is 4.43 Å². The van der Waals surface area contributed by atoms with Crippen LogP contribution in [0.1, 0.15) is 66.7 Å². The first-order chi connectivity index (χ1) is 7.20. The molecular formula is C14H32OSi. The molecule has 0 aromatic carbocycles. The summed E-state index contributed by atoms with van der Waals surface area (Å²) in [5, 5.41) is 0.338. The van der Waals surface area contributed by atoms with Gasteiger partial charge >= 0.3 is 0 Å². The van der Waals surface area contributed by atoms with Crippen LogP contribution in [-0.2, 0) is 4.43 Å². The fraction of sp³-hybridized carbons (Fsp3) is 1.00. The minimum Gasteiger partial charge on any atom is -0.414 e. The van der Waals surface area contributed by atoms with Crippen molar-refractivity contribution in [2.45, 2.75) is 91.0 Å². The molecule has 0 saturated carbocycles. The highest BCUT2D eigenvalue weighted by Gasteiger charge is 2.38. The van der Waals surface area contributed by atoms with Crippen LogP contribution in [0.2, 0.25) is 18.1 Å². The first-order valence-corrected chi connectivity index (χ1v) is 9.79. The van der Waals surface area contributed by atoms with Crippen molar-refractivity contribution in [3.8, 4) is 0 Å². The lowest BCUT2D eigenvalue weighted by atomic mass is 10.1. The second-order valence-electron chi connectivity index (χ2n) is 6.54.